The maximum Gasteiger partial charge on any atom is 0.258 e. The van der Waals surface area contributed by atoms with Gasteiger partial charge in [0, 0.05) is 24.3 Å². The Kier molecular flexibility index (Phi) is 7.24. The van der Waals surface area contributed by atoms with Gasteiger partial charge in [0.25, 0.3) is 11.8 Å². The third-order valence-corrected chi connectivity index (χ3v) is 4.40. The van der Waals surface area contributed by atoms with Crippen molar-refractivity contribution in [2.45, 2.75) is 32.2 Å². The number of rotatable bonds is 4. The molecular weight excluding hydrogens is 354 g/mol. The van der Waals surface area contributed by atoms with E-state index in [9.17, 15) is 9.59 Å². The molecule has 2 heterocycles. The fraction of sp³-hybridized carbons (Fsp3) is 0.368. The average molecular weight is 378 g/mol. The molecule has 1 saturated heterocycles. The summed E-state index contributed by atoms with van der Waals surface area (Å²) in [7, 11) is 0. The Labute approximate surface area is 159 Å². The van der Waals surface area contributed by atoms with Gasteiger partial charge in [-0.1, -0.05) is 12.8 Å². The van der Waals surface area contributed by atoms with Crippen LogP contribution in [-0.4, -0.2) is 29.8 Å². The van der Waals surface area contributed by atoms with Crippen molar-refractivity contribution < 1.29 is 14.0 Å². The fourth-order valence-corrected chi connectivity index (χ4v) is 2.96. The first kappa shape index (κ1) is 20.0. The number of nitrogens with two attached hydrogens (primary N) is 1. The molecule has 140 valence electrons. The predicted octanol–water partition coefficient (Wildman–Crippen LogP) is 3.43. The minimum atomic E-state index is -0.268. The van der Waals surface area contributed by atoms with E-state index in [1.807, 2.05) is 4.90 Å². The van der Waals surface area contributed by atoms with E-state index in [-0.39, 0.29) is 30.8 Å². The molecule has 1 fully saturated rings. The molecule has 0 radical (unpaired) electrons. The van der Waals surface area contributed by atoms with Crippen molar-refractivity contribution in [2.75, 3.05) is 18.4 Å². The van der Waals surface area contributed by atoms with Gasteiger partial charge in [-0.25, -0.2) is 0 Å². The number of hydrogen-bond donors (Lipinski definition) is 2. The Morgan fingerprint density at radius 1 is 1.04 bits per heavy atom. The normalized spacial score (nSPS) is 14.3. The van der Waals surface area contributed by atoms with Crippen molar-refractivity contribution in [3.8, 4) is 0 Å². The van der Waals surface area contributed by atoms with Crippen LogP contribution >= 0.6 is 12.4 Å². The maximum atomic E-state index is 12.6. The molecule has 1 aliphatic rings. The van der Waals surface area contributed by atoms with Crippen LogP contribution in [0, 0.1) is 0 Å². The summed E-state index contributed by atoms with van der Waals surface area (Å²) in [4.78, 5) is 26.6. The van der Waals surface area contributed by atoms with Gasteiger partial charge in [0.1, 0.15) is 12.0 Å². The van der Waals surface area contributed by atoms with E-state index in [2.05, 4.69) is 5.32 Å². The van der Waals surface area contributed by atoms with Crippen molar-refractivity contribution in [2.24, 2.45) is 5.73 Å². The first-order valence-corrected chi connectivity index (χ1v) is 8.65. The lowest BCUT2D eigenvalue weighted by Crippen LogP contribution is -2.31. The Morgan fingerprint density at radius 3 is 2.27 bits per heavy atom. The average Bonchev–Trinajstić information content (AvgIpc) is 2.96. The Balaban J connectivity index is 0.00000243. The molecule has 1 aliphatic heterocycles. The van der Waals surface area contributed by atoms with E-state index >= 15 is 0 Å². The highest BCUT2D eigenvalue weighted by Crippen LogP contribution is 2.17. The first-order valence-electron chi connectivity index (χ1n) is 8.65. The number of anilines is 1. The van der Waals surface area contributed by atoms with Crippen LogP contribution in [0.5, 0.6) is 0 Å². The predicted molar refractivity (Wildman–Crippen MR) is 103 cm³/mol. The smallest absolute Gasteiger partial charge is 0.258 e. The number of nitrogens with one attached hydrogen (secondary N) is 1. The number of nitrogens with zero attached hydrogens (tertiary/aromatic N) is 1. The van der Waals surface area contributed by atoms with Crippen LogP contribution < -0.4 is 11.1 Å². The van der Waals surface area contributed by atoms with Crippen molar-refractivity contribution in [3.63, 3.8) is 0 Å². The van der Waals surface area contributed by atoms with Crippen molar-refractivity contribution in [1.29, 1.82) is 0 Å². The lowest BCUT2D eigenvalue weighted by Gasteiger charge is -2.20. The molecule has 2 amide bonds. The summed E-state index contributed by atoms with van der Waals surface area (Å²) in [6.45, 7) is 1.89. The van der Waals surface area contributed by atoms with Crippen molar-refractivity contribution in [1.82, 2.24) is 4.90 Å². The lowest BCUT2D eigenvalue weighted by molar-refractivity contribution is 0.0761. The van der Waals surface area contributed by atoms with E-state index in [0.29, 0.717) is 22.6 Å². The summed E-state index contributed by atoms with van der Waals surface area (Å²) in [5.74, 6) is 0.348. The van der Waals surface area contributed by atoms with Crippen LogP contribution in [-0.2, 0) is 6.54 Å². The van der Waals surface area contributed by atoms with Gasteiger partial charge >= 0.3 is 0 Å². The summed E-state index contributed by atoms with van der Waals surface area (Å²) in [5, 5.41) is 2.79. The van der Waals surface area contributed by atoms with Crippen LogP contribution in [0.3, 0.4) is 0 Å². The van der Waals surface area contributed by atoms with Gasteiger partial charge in [-0.3, -0.25) is 9.59 Å². The molecule has 7 heteroatoms. The highest BCUT2D eigenvalue weighted by molar-refractivity contribution is 6.04. The van der Waals surface area contributed by atoms with Gasteiger partial charge in [0.05, 0.1) is 12.1 Å². The molecule has 3 N–H and O–H groups in total. The fourth-order valence-electron chi connectivity index (χ4n) is 2.96. The minimum Gasteiger partial charge on any atom is -0.467 e. The van der Waals surface area contributed by atoms with E-state index in [1.165, 1.54) is 19.1 Å². The molecule has 3 rings (SSSR count). The maximum absolute atomic E-state index is 12.6. The van der Waals surface area contributed by atoms with Crippen LogP contribution in [0.15, 0.2) is 41.0 Å². The minimum absolute atomic E-state index is 0. The molecule has 1 aromatic carbocycles. The second-order valence-electron chi connectivity index (χ2n) is 6.24. The first-order chi connectivity index (χ1) is 12.2. The highest BCUT2D eigenvalue weighted by Gasteiger charge is 2.17. The van der Waals surface area contributed by atoms with Crippen LogP contribution in [0.4, 0.5) is 5.69 Å². The summed E-state index contributed by atoms with van der Waals surface area (Å²) in [6.07, 6.45) is 5.89. The van der Waals surface area contributed by atoms with Gasteiger partial charge < -0.3 is 20.4 Å². The molecule has 2 aromatic rings. The van der Waals surface area contributed by atoms with E-state index in [0.717, 1.165) is 25.9 Å². The van der Waals surface area contributed by atoms with Gasteiger partial charge in [0.15, 0.2) is 0 Å². The summed E-state index contributed by atoms with van der Waals surface area (Å²) in [5.41, 5.74) is 7.17. The number of halogens is 1. The molecular formula is C19H24ClN3O3. The molecule has 0 bridgehead atoms. The number of amides is 2. The third kappa shape index (κ3) is 4.86. The quantitative estimate of drug-likeness (QED) is 0.854. The van der Waals surface area contributed by atoms with Crippen LogP contribution in [0.1, 0.15) is 52.2 Å². The molecule has 0 aliphatic carbocycles. The second-order valence-corrected chi connectivity index (χ2v) is 6.24. The Hall–Kier alpha value is -2.31. The number of benzene rings is 1. The number of hydrogen-bond acceptors (Lipinski definition) is 4. The molecule has 26 heavy (non-hydrogen) atoms. The number of furan rings is 1. The zero-order valence-electron chi connectivity index (χ0n) is 14.6. The molecule has 0 saturated carbocycles. The Bertz CT molecular complexity index is 735. The monoisotopic (exact) mass is 377 g/mol. The van der Waals surface area contributed by atoms with Crippen LogP contribution in [0.25, 0.3) is 0 Å². The SMILES string of the molecule is Cl.NCc1cc(C(=O)Nc2ccc(C(=O)N3CCCCCC3)cc2)co1. The lowest BCUT2D eigenvalue weighted by atomic mass is 10.1. The standard InChI is InChI=1S/C19H23N3O3.ClH/c20-12-17-11-15(13-25-17)18(23)21-16-7-5-14(6-8-16)19(24)22-9-3-1-2-4-10-22;/h5-8,11,13H,1-4,9-10,12,20H2,(H,21,23);1H. The summed E-state index contributed by atoms with van der Waals surface area (Å²) < 4.78 is 5.16. The number of carbonyl (C=O) groups excluding carboxylic acids is 2. The largest absolute Gasteiger partial charge is 0.467 e. The molecule has 0 atom stereocenters. The highest BCUT2D eigenvalue weighted by atomic mass is 35.5. The van der Waals surface area contributed by atoms with Gasteiger partial charge in [-0.2, -0.15) is 0 Å². The molecule has 0 spiro atoms. The van der Waals surface area contributed by atoms with Crippen LogP contribution in [0.2, 0.25) is 0 Å². The third-order valence-electron chi connectivity index (χ3n) is 4.40. The van der Waals surface area contributed by atoms with Crippen molar-refractivity contribution in [3.05, 3.63) is 53.5 Å². The van der Waals surface area contributed by atoms with E-state index in [4.69, 9.17) is 10.2 Å². The topological polar surface area (TPSA) is 88.6 Å². The van der Waals surface area contributed by atoms with Gasteiger partial charge in [0.2, 0.25) is 0 Å². The second kappa shape index (κ2) is 9.40. The van der Waals surface area contributed by atoms with E-state index in [1.54, 1.807) is 30.3 Å². The summed E-state index contributed by atoms with van der Waals surface area (Å²) in [6, 6.07) is 8.61. The zero-order valence-corrected chi connectivity index (χ0v) is 15.4. The van der Waals surface area contributed by atoms with E-state index < -0.39 is 0 Å². The molecule has 6 nitrogen and oxygen atoms in total. The van der Waals surface area contributed by atoms with Gasteiger partial charge in [-0.15, -0.1) is 12.4 Å². The summed E-state index contributed by atoms with van der Waals surface area (Å²) >= 11 is 0. The van der Waals surface area contributed by atoms with Gasteiger partial charge in [-0.05, 0) is 43.2 Å². The molecule has 1 aromatic heterocycles. The number of likely N-dealkylation sites (tertiary alicyclic amines) is 1. The molecule has 0 unspecified atom stereocenters. The number of carbonyl (C=O) groups is 2. The Morgan fingerprint density at radius 2 is 1.69 bits per heavy atom. The zero-order chi connectivity index (χ0) is 17.6. The van der Waals surface area contributed by atoms with Crippen molar-refractivity contribution >= 4 is 29.9 Å².